The van der Waals surface area contributed by atoms with E-state index in [-0.39, 0.29) is 12.5 Å². The zero-order valence-corrected chi connectivity index (χ0v) is 23.9. The largest absolute Gasteiger partial charge is 0.497 e. The molecule has 4 rings (SSSR count). The lowest BCUT2D eigenvalue weighted by molar-refractivity contribution is -0.122. The molecular formula is C28H36N4O3S2. The Kier molecular flexibility index (Phi) is 9.10. The number of aliphatic imine (C=N–C) groups is 1. The number of fused-ring (bicyclic) bond motifs is 1. The van der Waals surface area contributed by atoms with Gasteiger partial charge < -0.3 is 19.6 Å². The number of amides is 1. The maximum atomic E-state index is 13.7. The number of amidine groups is 1. The van der Waals surface area contributed by atoms with Crippen molar-refractivity contribution in [1.82, 2.24) is 4.90 Å². The van der Waals surface area contributed by atoms with Crippen LogP contribution in [-0.2, 0) is 4.79 Å². The van der Waals surface area contributed by atoms with Gasteiger partial charge in [0.2, 0.25) is 0 Å². The minimum absolute atomic E-state index is 0.0206. The lowest BCUT2D eigenvalue weighted by atomic mass is 10.1. The molecule has 2 aliphatic rings. The van der Waals surface area contributed by atoms with E-state index in [0.717, 1.165) is 74.3 Å². The number of ether oxygens (including phenoxy) is 1. The number of hydrogen-bond donors (Lipinski definition) is 1. The van der Waals surface area contributed by atoms with Gasteiger partial charge >= 0.3 is 0 Å². The van der Waals surface area contributed by atoms with E-state index in [4.69, 9.17) is 9.73 Å². The van der Waals surface area contributed by atoms with Crippen LogP contribution in [0.4, 0.5) is 17.1 Å². The van der Waals surface area contributed by atoms with Crippen molar-refractivity contribution in [2.24, 2.45) is 4.99 Å². The molecule has 0 bridgehead atoms. The maximum absolute atomic E-state index is 13.7. The number of thioether (sulfide) groups is 2. The van der Waals surface area contributed by atoms with Crippen LogP contribution in [0.1, 0.15) is 39.2 Å². The molecule has 1 N–H and O–H groups in total. The molecule has 0 aromatic heterocycles. The SMILES string of the molecule is CCCCN1C(=O)C(=C2Sc3ccc(OC)cc3N2CC)SC1=Nc1ccc(N(CC)CCO)cc1C. The number of nitrogens with zero attached hydrogens (tertiary/aromatic N) is 4. The summed E-state index contributed by atoms with van der Waals surface area (Å²) in [5, 5.41) is 11.1. The quantitative estimate of drug-likeness (QED) is 0.372. The topological polar surface area (TPSA) is 68.6 Å². The minimum Gasteiger partial charge on any atom is -0.497 e. The number of hydrogen-bond acceptors (Lipinski definition) is 8. The smallest absolute Gasteiger partial charge is 0.269 e. The number of benzene rings is 2. The second-order valence-electron chi connectivity index (χ2n) is 8.90. The van der Waals surface area contributed by atoms with Gasteiger partial charge in [0.05, 0.1) is 25.1 Å². The monoisotopic (exact) mass is 540 g/mol. The molecule has 7 nitrogen and oxygen atoms in total. The highest BCUT2D eigenvalue weighted by Crippen LogP contribution is 2.51. The summed E-state index contributed by atoms with van der Waals surface area (Å²) in [5.74, 6) is 0.827. The van der Waals surface area contributed by atoms with Gasteiger partial charge in [-0.2, -0.15) is 0 Å². The first-order chi connectivity index (χ1) is 17.9. The van der Waals surface area contributed by atoms with Crippen LogP contribution in [0.5, 0.6) is 5.75 Å². The summed E-state index contributed by atoms with van der Waals surface area (Å²) >= 11 is 3.11. The van der Waals surface area contributed by atoms with E-state index < -0.39 is 0 Å². The molecule has 1 saturated heterocycles. The number of rotatable bonds is 10. The molecular weight excluding hydrogens is 504 g/mol. The molecule has 0 spiro atoms. The van der Waals surface area contributed by atoms with Gasteiger partial charge in [-0.15, -0.1) is 0 Å². The van der Waals surface area contributed by atoms with Crippen LogP contribution in [0.2, 0.25) is 0 Å². The fourth-order valence-corrected chi connectivity index (χ4v) is 6.85. The van der Waals surface area contributed by atoms with Gasteiger partial charge in [0.15, 0.2) is 5.17 Å². The lowest BCUT2D eigenvalue weighted by Gasteiger charge is -2.22. The zero-order valence-electron chi connectivity index (χ0n) is 22.3. The minimum atomic E-state index is 0.0206. The second kappa shape index (κ2) is 12.3. The van der Waals surface area contributed by atoms with Crippen molar-refractivity contribution in [2.45, 2.75) is 45.4 Å². The second-order valence-corrected chi connectivity index (χ2v) is 10.9. The van der Waals surface area contributed by atoms with E-state index in [1.807, 2.05) is 36.1 Å². The number of aliphatic hydroxyl groups is 1. The standard InChI is InChI=1S/C28H36N4O3S2/c1-6-9-14-32-26(34)25(27-31(8-3)23-18-21(35-5)11-13-24(23)36-27)37-28(32)29-22-12-10-20(17-19(22)4)30(7-2)15-16-33/h10-13,17-18,33H,6-9,14-16H2,1-5H3. The molecule has 37 heavy (non-hydrogen) atoms. The number of carbonyl (C=O) groups excluding carboxylic acids is 1. The number of aliphatic hydroxyl groups excluding tert-OH is 1. The number of aryl methyl sites for hydroxylation is 1. The van der Waals surface area contributed by atoms with Crippen LogP contribution < -0.4 is 14.5 Å². The average molecular weight is 541 g/mol. The van der Waals surface area contributed by atoms with Crippen LogP contribution in [0.15, 0.2) is 56.2 Å². The van der Waals surface area contributed by atoms with Crippen LogP contribution in [0, 0.1) is 6.92 Å². The van der Waals surface area contributed by atoms with Crippen molar-refractivity contribution in [2.75, 3.05) is 49.7 Å². The Morgan fingerprint density at radius 3 is 2.54 bits per heavy atom. The van der Waals surface area contributed by atoms with E-state index in [1.54, 1.807) is 18.9 Å². The van der Waals surface area contributed by atoms with Crippen molar-refractivity contribution in [3.8, 4) is 5.75 Å². The third-order valence-electron chi connectivity index (χ3n) is 6.53. The van der Waals surface area contributed by atoms with Gasteiger partial charge in [0.1, 0.15) is 15.7 Å². The molecule has 0 aliphatic carbocycles. The highest BCUT2D eigenvalue weighted by Gasteiger charge is 2.39. The Labute approximate surface area is 228 Å². The number of likely N-dealkylation sites (N-methyl/N-ethyl adjacent to an activating group) is 1. The normalized spacial score (nSPS) is 18.2. The molecule has 1 amide bonds. The Bertz CT molecular complexity index is 1210. The highest BCUT2D eigenvalue weighted by molar-refractivity contribution is 8.19. The van der Waals surface area contributed by atoms with E-state index >= 15 is 0 Å². The fraction of sp³-hybridized carbons (Fsp3) is 0.429. The highest BCUT2D eigenvalue weighted by atomic mass is 32.2. The van der Waals surface area contributed by atoms with Gasteiger partial charge in [-0.1, -0.05) is 25.1 Å². The first kappa shape index (κ1) is 27.4. The van der Waals surface area contributed by atoms with E-state index in [0.29, 0.717) is 13.1 Å². The van der Waals surface area contributed by atoms with Crippen molar-refractivity contribution in [1.29, 1.82) is 0 Å². The first-order valence-corrected chi connectivity index (χ1v) is 14.5. The molecule has 2 aliphatic heterocycles. The van der Waals surface area contributed by atoms with Crippen LogP contribution in [0.25, 0.3) is 0 Å². The molecule has 2 aromatic carbocycles. The molecule has 2 heterocycles. The van der Waals surface area contributed by atoms with Gasteiger partial charge in [0, 0.05) is 42.8 Å². The Morgan fingerprint density at radius 2 is 1.89 bits per heavy atom. The predicted octanol–water partition coefficient (Wildman–Crippen LogP) is 5.99. The van der Waals surface area contributed by atoms with Gasteiger partial charge in [0.25, 0.3) is 5.91 Å². The molecule has 0 radical (unpaired) electrons. The van der Waals surface area contributed by atoms with Crippen molar-refractivity contribution in [3.63, 3.8) is 0 Å². The summed E-state index contributed by atoms with van der Waals surface area (Å²) in [7, 11) is 1.67. The number of methoxy groups -OCH3 is 1. The van der Waals surface area contributed by atoms with Crippen LogP contribution >= 0.6 is 23.5 Å². The van der Waals surface area contributed by atoms with Crippen molar-refractivity contribution < 1.29 is 14.6 Å². The summed E-state index contributed by atoms with van der Waals surface area (Å²) < 4.78 is 5.45. The zero-order chi connectivity index (χ0) is 26.5. The van der Waals surface area contributed by atoms with Gasteiger partial charge in [-0.25, -0.2) is 4.99 Å². The maximum Gasteiger partial charge on any atom is 0.269 e. The summed E-state index contributed by atoms with van der Waals surface area (Å²) in [6, 6.07) is 12.2. The molecule has 2 aromatic rings. The van der Waals surface area contributed by atoms with E-state index in [2.05, 4.69) is 42.7 Å². The summed E-state index contributed by atoms with van der Waals surface area (Å²) in [6.07, 6.45) is 1.92. The number of anilines is 2. The number of carbonyl (C=O) groups is 1. The molecule has 0 saturated carbocycles. The van der Waals surface area contributed by atoms with Gasteiger partial charge in [-0.05, 0) is 74.8 Å². The Hall–Kier alpha value is -2.62. The summed E-state index contributed by atoms with van der Waals surface area (Å²) in [6.45, 7) is 11.3. The van der Waals surface area contributed by atoms with E-state index in [1.165, 1.54) is 11.8 Å². The summed E-state index contributed by atoms with van der Waals surface area (Å²) in [4.78, 5) is 26.8. The third kappa shape index (κ3) is 5.63. The van der Waals surface area contributed by atoms with Crippen molar-refractivity contribution in [3.05, 3.63) is 51.9 Å². The molecule has 0 unspecified atom stereocenters. The first-order valence-electron chi connectivity index (χ1n) is 12.9. The molecule has 9 heteroatoms. The Balaban J connectivity index is 1.70. The molecule has 0 atom stereocenters. The lowest BCUT2D eigenvalue weighted by Crippen LogP contribution is -2.31. The predicted molar refractivity (Wildman–Crippen MR) is 156 cm³/mol. The van der Waals surface area contributed by atoms with Gasteiger partial charge in [-0.3, -0.25) is 9.69 Å². The van der Waals surface area contributed by atoms with Crippen molar-refractivity contribution >= 4 is 51.7 Å². The fourth-order valence-electron chi connectivity index (χ4n) is 4.46. The Morgan fingerprint density at radius 1 is 1.08 bits per heavy atom. The average Bonchev–Trinajstić information content (AvgIpc) is 3.42. The van der Waals surface area contributed by atoms with Crippen LogP contribution in [0.3, 0.4) is 0 Å². The van der Waals surface area contributed by atoms with Crippen LogP contribution in [-0.4, -0.2) is 61.0 Å². The molecule has 198 valence electrons. The third-order valence-corrected chi connectivity index (χ3v) is 8.91. The molecule has 1 fully saturated rings. The number of unbranched alkanes of at least 4 members (excludes halogenated alkanes) is 1. The van der Waals surface area contributed by atoms with E-state index in [9.17, 15) is 9.90 Å². The summed E-state index contributed by atoms with van der Waals surface area (Å²) in [5.41, 5.74) is 4.03.